The maximum Gasteiger partial charge on any atom is 0.273 e. The molecule has 5 nitrogen and oxygen atoms in total. The van der Waals surface area contributed by atoms with Gasteiger partial charge in [0.25, 0.3) is 5.56 Å². The zero-order valence-corrected chi connectivity index (χ0v) is 19.8. The fourth-order valence-corrected chi connectivity index (χ4v) is 5.24. The van der Waals surface area contributed by atoms with Gasteiger partial charge < -0.3 is 9.80 Å². The topological polar surface area (TPSA) is 41.4 Å². The van der Waals surface area contributed by atoms with Crippen molar-refractivity contribution in [1.29, 1.82) is 0 Å². The van der Waals surface area contributed by atoms with E-state index in [0.29, 0.717) is 21.3 Å². The summed E-state index contributed by atoms with van der Waals surface area (Å²) in [6, 6.07) is 11.4. The lowest BCUT2D eigenvalue weighted by Gasteiger charge is -2.21. The van der Waals surface area contributed by atoms with Crippen LogP contribution in [0.1, 0.15) is 6.42 Å². The van der Waals surface area contributed by atoms with Gasteiger partial charge in [0.05, 0.1) is 11.9 Å². The Kier molecular flexibility index (Phi) is 6.52. The second-order valence-electron chi connectivity index (χ2n) is 8.24. The van der Waals surface area contributed by atoms with Gasteiger partial charge in [0.2, 0.25) is 0 Å². The van der Waals surface area contributed by atoms with E-state index in [0.717, 1.165) is 36.8 Å². The van der Waals surface area contributed by atoms with Crippen LogP contribution in [-0.2, 0) is 0 Å². The van der Waals surface area contributed by atoms with E-state index in [9.17, 15) is 13.6 Å². The van der Waals surface area contributed by atoms with Crippen molar-refractivity contribution in [3.05, 3.63) is 76.8 Å². The number of fused-ring (bicyclic) bond motifs is 1. The first-order valence-corrected chi connectivity index (χ1v) is 11.2. The van der Waals surface area contributed by atoms with Gasteiger partial charge in [0, 0.05) is 47.2 Å². The third-order valence-corrected chi connectivity index (χ3v) is 7.17. The van der Waals surface area contributed by atoms with E-state index < -0.39 is 11.6 Å². The molecule has 9 heteroatoms. The average Bonchev–Trinajstić information content (AvgIpc) is 3.42. The molecule has 4 heterocycles. The molecular weight excluding hydrogens is 466 g/mol. The van der Waals surface area contributed by atoms with E-state index >= 15 is 0 Å². The van der Waals surface area contributed by atoms with Crippen molar-refractivity contribution in [3.63, 3.8) is 0 Å². The molecule has 1 aliphatic heterocycles. The van der Waals surface area contributed by atoms with Crippen LogP contribution in [0.25, 0.3) is 26.2 Å². The zero-order valence-electron chi connectivity index (χ0n) is 18.2. The normalized spacial score (nSPS) is 15.9. The number of hydrogen-bond acceptors (Lipinski definition) is 5. The summed E-state index contributed by atoms with van der Waals surface area (Å²) in [6.07, 6.45) is 4.51. The molecule has 0 aliphatic carbocycles. The van der Waals surface area contributed by atoms with Crippen molar-refractivity contribution < 1.29 is 8.78 Å². The summed E-state index contributed by atoms with van der Waals surface area (Å²) >= 11 is 1.20. The van der Waals surface area contributed by atoms with E-state index in [-0.39, 0.29) is 23.5 Å². The summed E-state index contributed by atoms with van der Waals surface area (Å²) in [7, 11) is 4.18. The van der Waals surface area contributed by atoms with E-state index in [1.807, 2.05) is 18.2 Å². The van der Waals surface area contributed by atoms with Crippen molar-refractivity contribution in [2.75, 3.05) is 32.1 Å². The quantitative estimate of drug-likeness (QED) is 0.407. The molecule has 0 amide bonds. The molecule has 1 aliphatic rings. The molecule has 0 spiro atoms. The van der Waals surface area contributed by atoms with Crippen LogP contribution in [-0.4, -0.2) is 47.7 Å². The molecule has 0 radical (unpaired) electrons. The lowest BCUT2D eigenvalue weighted by Crippen LogP contribution is -2.31. The number of likely N-dealkylation sites (N-methyl/N-ethyl adjacent to an activating group) is 1. The number of halogens is 3. The van der Waals surface area contributed by atoms with Crippen LogP contribution in [0.5, 0.6) is 0 Å². The third-order valence-electron chi connectivity index (χ3n) is 6.00. The minimum absolute atomic E-state index is 0. The largest absolute Gasteiger partial charge is 0.355 e. The number of benzene rings is 1. The first-order valence-electron chi connectivity index (χ1n) is 10.4. The predicted octanol–water partition coefficient (Wildman–Crippen LogP) is 4.95. The van der Waals surface area contributed by atoms with Gasteiger partial charge in [0.1, 0.15) is 22.2 Å². The molecule has 1 atom stereocenters. The monoisotopic (exact) mass is 488 g/mol. The van der Waals surface area contributed by atoms with Gasteiger partial charge in [-0.15, -0.1) is 23.7 Å². The van der Waals surface area contributed by atoms with Crippen molar-refractivity contribution in [2.24, 2.45) is 0 Å². The van der Waals surface area contributed by atoms with Crippen molar-refractivity contribution >= 4 is 39.6 Å². The lowest BCUT2D eigenvalue weighted by atomic mass is 10.1. The van der Waals surface area contributed by atoms with Crippen molar-refractivity contribution in [2.45, 2.75) is 12.5 Å². The summed E-state index contributed by atoms with van der Waals surface area (Å²) in [5.41, 5.74) is 0.766. The Morgan fingerprint density at radius 2 is 1.94 bits per heavy atom. The van der Waals surface area contributed by atoms with Gasteiger partial charge in [-0.3, -0.25) is 9.36 Å². The molecule has 1 saturated heterocycles. The number of pyridine rings is 2. The van der Waals surface area contributed by atoms with Crippen LogP contribution >= 0.6 is 23.7 Å². The maximum atomic E-state index is 14.2. The van der Waals surface area contributed by atoms with Gasteiger partial charge in [-0.1, -0.05) is 0 Å². The van der Waals surface area contributed by atoms with Gasteiger partial charge >= 0.3 is 0 Å². The summed E-state index contributed by atoms with van der Waals surface area (Å²) in [6.45, 7) is 1.89. The molecule has 4 aromatic rings. The highest BCUT2D eigenvalue weighted by atomic mass is 35.5. The second-order valence-corrected chi connectivity index (χ2v) is 9.29. The summed E-state index contributed by atoms with van der Waals surface area (Å²) in [5, 5.41) is 0.728. The zero-order chi connectivity index (χ0) is 22.4. The number of rotatable bonds is 4. The SMILES string of the molecule is CN(C)[C@H]1CCN(c2ccc(-n3ccc4cc(-c5ccc(F)cc5F)sc4c3=O)cn2)C1.Cl. The molecular formula is C24H23ClF2N4OS. The predicted molar refractivity (Wildman–Crippen MR) is 132 cm³/mol. The number of aromatic nitrogens is 2. The minimum atomic E-state index is -0.643. The fourth-order valence-electron chi connectivity index (χ4n) is 4.13. The Balaban J connectivity index is 0.00000259. The average molecular weight is 489 g/mol. The first kappa shape index (κ1) is 23.4. The summed E-state index contributed by atoms with van der Waals surface area (Å²) < 4.78 is 29.5. The Morgan fingerprint density at radius 3 is 2.61 bits per heavy atom. The van der Waals surface area contributed by atoms with Crippen LogP contribution < -0.4 is 10.5 Å². The third kappa shape index (κ3) is 4.38. The molecule has 0 N–H and O–H groups in total. The van der Waals surface area contributed by atoms with Gasteiger partial charge in [0.15, 0.2) is 0 Å². The van der Waals surface area contributed by atoms with Crippen LogP contribution in [0.2, 0.25) is 0 Å². The second kappa shape index (κ2) is 9.21. The van der Waals surface area contributed by atoms with E-state index in [4.69, 9.17) is 0 Å². The Hall–Kier alpha value is -2.81. The molecule has 0 saturated carbocycles. The summed E-state index contributed by atoms with van der Waals surface area (Å²) in [4.78, 5) is 22.8. The van der Waals surface area contributed by atoms with Crippen LogP contribution in [0, 0.1) is 11.6 Å². The molecule has 3 aromatic heterocycles. The fraction of sp³-hybridized carbons (Fsp3) is 0.250. The lowest BCUT2D eigenvalue weighted by molar-refractivity contribution is 0.315. The van der Waals surface area contributed by atoms with Crippen molar-refractivity contribution in [3.8, 4) is 16.1 Å². The smallest absolute Gasteiger partial charge is 0.273 e. The van der Waals surface area contributed by atoms with Gasteiger partial charge in [-0.25, -0.2) is 13.8 Å². The number of hydrogen-bond donors (Lipinski definition) is 0. The number of thiophene rings is 1. The highest BCUT2D eigenvalue weighted by Crippen LogP contribution is 2.33. The minimum Gasteiger partial charge on any atom is -0.355 e. The molecule has 1 fully saturated rings. The van der Waals surface area contributed by atoms with Gasteiger partial charge in [-0.2, -0.15) is 0 Å². The van der Waals surface area contributed by atoms with Crippen LogP contribution in [0.3, 0.4) is 0 Å². The molecule has 5 rings (SSSR count). The number of anilines is 1. The molecule has 172 valence electrons. The molecule has 1 aromatic carbocycles. The first-order chi connectivity index (χ1) is 15.4. The highest BCUT2D eigenvalue weighted by Gasteiger charge is 2.24. The highest BCUT2D eigenvalue weighted by molar-refractivity contribution is 7.22. The summed E-state index contributed by atoms with van der Waals surface area (Å²) in [5.74, 6) is -0.371. The van der Waals surface area contributed by atoms with Gasteiger partial charge in [-0.05, 0) is 56.9 Å². The van der Waals surface area contributed by atoms with E-state index in [1.165, 1.54) is 23.5 Å². The molecule has 33 heavy (non-hydrogen) atoms. The molecule has 0 bridgehead atoms. The van der Waals surface area contributed by atoms with E-state index in [1.54, 1.807) is 23.0 Å². The van der Waals surface area contributed by atoms with Crippen molar-refractivity contribution in [1.82, 2.24) is 14.5 Å². The Labute approximate surface area is 200 Å². The standard InChI is InChI=1S/C24H22F2N4OS.ClH/c1-28(2)18-8-9-29(14-18)22-6-4-17(13-27-22)30-10-7-15-11-21(32-23(15)24(30)31)19-5-3-16(25)12-20(19)26;/h3-7,10-13,18H,8-9,14H2,1-2H3;1H/t18-;/m0./s1. The van der Waals surface area contributed by atoms with Crippen LogP contribution in [0.15, 0.2) is 59.7 Å². The number of nitrogens with zero attached hydrogens (tertiary/aromatic N) is 4. The molecule has 0 unspecified atom stereocenters. The maximum absolute atomic E-state index is 14.2. The Morgan fingerprint density at radius 1 is 1.12 bits per heavy atom. The van der Waals surface area contributed by atoms with Crippen LogP contribution in [0.4, 0.5) is 14.6 Å². The van der Waals surface area contributed by atoms with E-state index in [2.05, 4.69) is 28.9 Å². The Bertz CT molecular complexity index is 1350.